The lowest BCUT2D eigenvalue weighted by Gasteiger charge is -2.17. The van der Waals surface area contributed by atoms with E-state index in [9.17, 15) is 14.4 Å². The van der Waals surface area contributed by atoms with E-state index in [1.165, 1.54) is 24.5 Å². The monoisotopic (exact) mass is 379 g/mol. The summed E-state index contributed by atoms with van der Waals surface area (Å²) < 4.78 is 5.15. The van der Waals surface area contributed by atoms with Crippen LogP contribution in [-0.2, 0) is 33.6 Å². The van der Waals surface area contributed by atoms with Crippen LogP contribution in [0.25, 0.3) is 0 Å². The number of aryl methyl sites for hydroxylation is 2. The molecule has 28 heavy (non-hydrogen) atoms. The number of ketones is 1. The highest BCUT2D eigenvalue weighted by molar-refractivity contribution is 5.92. The second kappa shape index (κ2) is 9.31. The maximum atomic E-state index is 12.3. The number of rotatable bonds is 7. The summed E-state index contributed by atoms with van der Waals surface area (Å²) >= 11 is 0. The van der Waals surface area contributed by atoms with E-state index in [0.717, 1.165) is 24.8 Å². The van der Waals surface area contributed by atoms with Gasteiger partial charge in [-0.2, -0.15) is 0 Å². The van der Waals surface area contributed by atoms with Crippen molar-refractivity contribution in [2.75, 3.05) is 6.61 Å². The third-order valence-corrected chi connectivity index (χ3v) is 5.03. The second-order valence-corrected chi connectivity index (χ2v) is 7.19. The SMILES string of the molecule is CC(=O)[C@H](Cc1ccccc1)NC(=O)COC(=O)c1ccc2c(c1)CCCC2. The van der Waals surface area contributed by atoms with Gasteiger partial charge in [0.2, 0.25) is 0 Å². The Labute approximate surface area is 165 Å². The third kappa shape index (κ3) is 5.28. The molecule has 0 saturated heterocycles. The number of amides is 1. The van der Waals surface area contributed by atoms with Gasteiger partial charge >= 0.3 is 5.97 Å². The Morgan fingerprint density at radius 2 is 1.71 bits per heavy atom. The standard InChI is InChI=1S/C23H25NO4/c1-16(25)21(13-17-7-3-2-4-8-17)24-22(26)15-28-23(27)20-12-11-18-9-5-6-10-19(18)14-20/h2-4,7-8,11-12,14,21H,5-6,9-10,13,15H2,1H3,(H,24,26)/t21-/m0/s1. The lowest BCUT2D eigenvalue weighted by Crippen LogP contribution is -2.43. The average Bonchev–Trinajstić information content (AvgIpc) is 2.72. The summed E-state index contributed by atoms with van der Waals surface area (Å²) in [5, 5.41) is 2.66. The largest absolute Gasteiger partial charge is 0.452 e. The summed E-state index contributed by atoms with van der Waals surface area (Å²) in [6.45, 7) is 1.03. The summed E-state index contributed by atoms with van der Waals surface area (Å²) in [5.41, 5.74) is 3.88. The van der Waals surface area contributed by atoms with Gasteiger partial charge in [0, 0.05) is 0 Å². The number of hydrogen-bond donors (Lipinski definition) is 1. The van der Waals surface area contributed by atoms with Crippen LogP contribution in [0, 0.1) is 0 Å². The summed E-state index contributed by atoms with van der Waals surface area (Å²) in [4.78, 5) is 36.3. The zero-order valence-electron chi connectivity index (χ0n) is 16.1. The Morgan fingerprint density at radius 1 is 1.00 bits per heavy atom. The smallest absolute Gasteiger partial charge is 0.338 e. The molecule has 1 N–H and O–H groups in total. The van der Waals surface area contributed by atoms with Gasteiger partial charge in [0.1, 0.15) is 0 Å². The van der Waals surface area contributed by atoms with E-state index >= 15 is 0 Å². The van der Waals surface area contributed by atoms with E-state index in [1.807, 2.05) is 42.5 Å². The van der Waals surface area contributed by atoms with E-state index in [4.69, 9.17) is 4.74 Å². The molecule has 3 rings (SSSR count). The van der Waals surface area contributed by atoms with Gasteiger partial charge in [0.15, 0.2) is 12.4 Å². The maximum absolute atomic E-state index is 12.3. The molecule has 0 spiro atoms. The normalized spacial score (nSPS) is 13.9. The molecule has 0 bridgehead atoms. The Morgan fingerprint density at radius 3 is 2.43 bits per heavy atom. The highest BCUT2D eigenvalue weighted by atomic mass is 16.5. The molecule has 1 atom stereocenters. The Hall–Kier alpha value is -2.95. The maximum Gasteiger partial charge on any atom is 0.338 e. The lowest BCUT2D eigenvalue weighted by atomic mass is 9.90. The first-order valence-electron chi connectivity index (χ1n) is 9.65. The first-order chi connectivity index (χ1) is 13.5. The van der Waals surface area contributed by atoms with Crippen molar-refractivity contribution in [1.29, 1.82) is 0 Å². The van der Waals surface area contributed by atoms with Gasteiger partial charge in [-0.05, 0) is 67.9 Å². The fraction of sp³-hybridized carbons (Fsp3) is 0.348. The van der Waals surface area contributed by atoms with Gasteiger partial charge in [-0.25, -0.2) is 4.79 Å². The fourth-order valence-electron chi connectivity index (χ4n) is 3.46. The molecule has 2 aromatic carbocycles. The van der Waals surface area contributed by atoms with Crippen molar-refractivity contribution in [3.05, 3.63) is 70.8 Å². The summed E-state index contributed by atoms with van der Waals surface area (Å²) in [6.07, 6.45) is 4.72. The topological polar surface area (TPSA) is 72.5 Å². The quantitative estimate of drug-likeness (QED) is 0.751. The zero-order chi connectivity index (χ0) is 19.9. The molecule has 1 aliphatic carbocycles. The van der Waals surface area contributed by atoms with Gasteiger partial charge in [0.05, 0.1) is 11.6 Å². The average molecular weight is 379 g/mol. The molecule has 0 heterocycles. The van der Waals surface area contributed by atoms with Crippen LogP contribution in [0.15, 0.2) is 48.5 Å². The van der Waals surface area contributed by atoms with Crippen LogP contribution >= 0.6 is 0 Å². The van der Waals surface area contributed by atoms with E-state index in [0.29, 0.717) is 12.0 Å². The van der Waals surface area contributed by atoms with Gasteiger partial charge in [0.25, 0.3) is 5.91 Å². The molecule has 5 heteroatoms. The first-order valence-corrected chi connectivity index (χ1v) is 9.65. The molecule has 146 valence electrons. The molecule has 0 radical (unpaired) electrons. The minimum atomic E-state index is -0.641. The number of Topliss-reactive ketones (excluding diaryl/α,β-unsaturated/α-hetero) is 1. The summed E-state index contributed by atoms with van der Waals surface area (Å²) in [7, 11) is 0. The van der Waals surface area contributed by atoms with Crippen LogP contribution in [-0.4, -0.2) is 30.3 Å². The Kier molecular flexibility index (Phi) is 6.58. The summed E-state index contributed by atoms with van der Waals surface area (Å²) in [5.74, 6) is -1.15. The summed E-state index contributed by atoms with van der Waals surface area (Å²) in [6, 6.07) is 14.4. The minimum Gasteiger partial charge on any atom is -0.452 e. The zero-order valence-corrected chi connectivity index (χ0v) is 16.1. The van der Waals surface area contributed by atoms with Gasteiger partial charge in [-0.3, -0.25) is 9.59 Å². The molecular weight excluding hydrogens is 354 g/mol. The number of carbonyl (C=O) groups is 3. The molecule has 0 aromatic heterocycles. The predicted molar refractivity (Wildman–Crippen MR) is 106 cm³/mol. The third-order valence-electron chi connectivity index (χ3n) is 5.03. The number of carbonyl (C=O) groups excluding carboxylic acids is 3. The van der Waals surface area contributed by atoms with Crippen molar-refractivity contribution in [3.8, 4) is 0 Å². The molecule has 1 amide bonds. The molecule has 0 fully saturated rings. The number of esters is 1. The van der Waals surface area contributed by atoms with Crippen molar-refractivity contribution in [1.82, 2.24) is 5.32 Å². The molecule has 0 unspecified atom stereocenters. The number of benzene rings is 2. The highest BCUT2D eigenvalue weighted by Gasteiger charge is 2.19. The van der Waals surface area contributed by atoms with Crippen LogP contribution in [0.3, 0.4) is 0 Å². The number of fused-ring (bicyclic) bond motifs is 1. The van der Waals surface area contributed by atoms with E-state index in [1.54, 1.807) is 6.07 Å². The van der Waals surface area contributed by atoms with E-state index in [2.05, 4.69) is 5.32 Å². The fourth-order valence-corrected chi connectivity index (χ4v) is 3.46. The van der Waals surface area contributed by atoms with Crippen LogP contribution < -0.4 is 5.32 Å². The first kappa shape index (κ1) is 19.8. The second-order valence-electron chi connectivity index (χ2n) is 7.19. The van der Waals surface area contributed by atoms with Crippen LogP contribution in [0.5, 0.6) is 0 Å². The van der Waals surface area contributed by atoms with Crippen LogP contribution in [0.4, 0.5) is 0 Å². The Balaban J connectivity index is 1.53. The number of nitrogens with one attached hydrogen (secondary N) is 1. The lowest BCUT2D eigenvalue weighted by molar-refractivity contribution is -0.128. The van der Waals surface area contributed by atoms with Crippen LogP contribution in [0.1, 0.15) is 46.8 Å². The molecule has 1 aliphatic rings. The van der Waals surface area contributed by atoms with Crippen molar-refractivity contribution < 1.29 is 19.1 Å². The van der Waals surface area contributed by atoms with Gasteiger partial charge in [-0.1, -0.05) is 36.4 Å². The van der Waals surface area contributed by atoms with E-state index < -0.39 is 24.5 Å². The molecule has 0 saturated carbocycles. The van der Waals surface area contributed by atoms with Gasteiger partial charge in [-0.15, -0.1) is 0 Å². The Bertz CT molecular complexity index is 860. The molecule has 0 aliphatic heterocycles. The van der Waals surface area contributed by atoms with Gasteiger partial charge < -0.3 is 10.1 Å². The number of hydrogen-bond acceptors (Lipinski definition) is 4. The molecule has 5 nitrogen and oxygen atoms in total. The minimum absolute atomic E-state index is 0.141. The van der Waals surface area contributed by atoms with Crippen molar-refractivity contribution in [2.45, 2.75) is 45.1 Å². The van der Waals surface area contributed by atoms with Crippen molar-refractivity contribution in [3.63, 3.8) is 0 Å². The van der Waals surface area contributed by atoms with Crippen LogP contribution in [0.2, 0.25) is 0 Å². The van der Waals surface area contributed by atoms with E-state index in [-0.39, 0.29) is 5.78 Å². The molecule has 2 aromatic rings. The number of ether oxygens (including phenoxy) is 1. The van der Waals surface area contributed by atoms with Crippen molar-refractivity contribution in [2.24, 2.45) is 0 Å². The predicted octanol–water partition coefficient (Wildman–Crippen LogP) is 3.04. The molecular formula is C23H25NO4. The van der Waals surface area contributed by atoms with Crippen molar-refractivity contribution >= 4 is 17.7 Å². The highest BCUT2D eigenvalue weighted by Crippen LogP contribution is 2.22.